The summed E-state index contributed by atoms with van der Waals surface area (Å²) in [5.74, 6) is 2.03. The zero-order valence-corrected chi connectivity index (χ0v) is 32.1. The molecule has 2 aromatic heterocycles. The fourth-order valence-electron chi connectivity index (χ4n) is 6.62. The molecule has 254 valence electrons. The summed E-state index contributed by atoms with van der Waals surface area (Å²) < 4.78 is 33.9. The number of anilines is 3. The van der Waals surface area contributed by atoms with Crippen molar-refractivity contribution in [3.63, 3.8) is 0 Å². The first-order valence-electron chi connectivity index (χ1n) is 18.2. The summed E-state index contributed by atoms with van der Waals surface area (Å²) in [5.41, 5.74) is 6.76. The second-order valence-electron chi connectivity index (χ2n) is 16.0. The number of para-hydroxylation sites is 3. The normalized spacial score (nSPS) is 14.8. The Bertz CT molecular complexity index is 2290. The predicted molar refractivity (Wildman–Crippen MR) is 201 cm³/mol. The van der Waals surface area contributed by atoms with E-state index in [1.54, 1.807) is 0 Å². The summed E-state index contributed by atoms with van der Waals surface area (Å²) in [6.07, 6.45) is 1.89. The average molecular weight is 833 g/mol. The molecule has 4 aromatic carbocycles. The number of benzene rings is 4. The summed E-state index contributed by atoms with van der Waals surface area (Å²) in [6, 6.07) is 34.0. The van der Waals surface area contributed by atoms with Gasteiger partial charge in [0.05, 0.1) is 18.0 Å². The fraction of sp³-hybridized carbons (Fsp3) is 0.326. The maximum absolute atomic E-state index is 8.22. The van der Waals surface area contributed by atoms with Gasteiger partial charge in [-0.25, -0.2) is 4.98 Å². The smallest absolute Gasteiger partial charge is 0.509 e. The summed E-state index contributed by atoms with van der Waals surface area (Å²) >= 11 is 0. The summed E-state index contributed by atoms with van der Waals surface area (Å²) in [4.78, 5) is 8.31. The number of ether oxygens (including phenoxy) is 1. The molecule has 5 nitrogen and oxygen atoms in total. The Morgan fingerprint density at radius 1 is 0.714 bits per heavy atom. The molecule has 0 spiro atoms. The molecule has 3 heterocycles. The second kappa shape index (κ2) is 12.4. The number of hydrogen-bond donors (Lipinski definition) is 0. The van der Waals surface area contributed by atoms with Gasteiger partial charge in [-0.15, -0.1) is 34.7 Å². The van der Waals surface area contributed by atoms with Crippen LogP contribution < -0.4 is 14.5 Å². The van der Waals surface area contributed by atoms with E-state index in [0.717, 1.165) is 50.1 Å². The number of rotatable bonds is 4. The molecule has 6 heteroatoms. The Morgan fingerprint density at radius 2 is 1.39 bits per heavy atom. The Hall–Kier alpha value is -4.08. The number of fused-ring (bicyclic) bond motifs is 4. The Balaban J connectivity index is 0.00000464. The first kappa shape index (κ1) is 30.9. The van der Waals surface area contributed by atoms with Crippen molar-refractivity contribution < 1.29 is 29.9 Å². The van der Waals surface area contributed by atoms with E-state index < -0.39 is 6.98 Å². The number of pyridine rings is 1. The molecule has 0 saturated heterocycles. The van der Waals surface area contributed by atoms with Gasteiger partial charge in [-0.05, 0) is 46.7 Å². The van der Waals surface area contributed by atoms with E-state index in [4.69, 9.17) is 13.8 Å². The van der Waals surface area contributed by atoms with E-state index in [1.807, 2.05) is 41.4 Å². The van der Waals surface area contributed by atoms with Gasteiger partial charge >= 0.3 is 21.1 Å². The van der Waals surface area contributed by atoms with Gasteiger partial charge in [0.2, 0.25) is 0 Å². The Kier molecular flexibility index (Phi) is 7.80. The molecule has 0 aliphatic carbocycles. The van der Waals surface area contributed by atoms with Crippen molar-refractivity contribution in [2.45, 2.75) is 78.6 Å². The molecule has 0 unspecified atom stereocenters. The minimum Gasteiger partial charge on any atom is -0.509 e. The van der Waals surface area contributed by atoms with Crippen LogP contribution >= 0.6 is 0 Å². The molecular weight excluding hydrogens is 784 g/mol. The van der Waals surface area contributed by atoms with E-state index in [2.05, 4.69) is 128 Å². The summed E-state index contributed by atoms with van der Waals surface area (Å²) in [7, 11) is 0. The van der Waals surface area contributed by atoms with Crippen LogP contribution in [0.15, 0.2) is 85.1 Å². The van der Waals surface area contributed by atoms with Crippen LogP contribution in [0.25, 0.3) is 27.6 Å². The number of nitrogens with zero attached hydrogens (tertiary/aromatic N) is 4. The number of hydrogen-bond acceptors (Lipinski definition) is 4. The molecule has 0 amide bonds. The third-order valence-electron chi connectivity index (χ3n) is 9.27. The molecule has 1 aliphatic rings. The van der Waals surface area contributed by atoms with Crippen LogP contribution in [0.3, 0.4) is 0 Å². The molecule has 1 aliphatic heterocycles. The van der Waals surface area contributed by atoms with Crippen molar-refractivity contribution in [1.29, 1.82) is 0 Å². The van der Waals surface area contributed by atoms with Crippen LogP contribution in [0.1, 0.15) is 83.1 Å². The Morgan fingerprint density at radius 3 is 2.08 bits per heavy atom. The van der Waals surface area contributed by atoms with Crippen molar-refractivity contribution in [3.8, 4) is 17.3 Å². The van der Waals surface area contributed by atoms with E-state index in [9.17, 15) is 0 Å². The van der Waals surface area contributed by atoms with Gasteiger partial charge in [-0.3, -0.25) is 0 Å². The van der Waals surface area contributed by atoms with Crippen molar-refractivity contribution >= 4 is 38.9 Å². The van der Waals surface area contributed by atoms with E-state index in [0.29, 0.717) is 17.2 Å². The van der Waals surface area contributed by atoms with Gasteiger partial charge in [0.15, 0.2) is 0 Å². The molecule has 0 bridgehead atoms. The van der Waals surface area contributed by atoms with Crippen molar-refractivity contribution in [2.24, 2.45) is 0 Å². The van der Waals surface area contributed by atoms with Crippen LogP contribution in [0.5, 0.6) is 11.5 Å². The standard InChI is InChI=1S/C43H46N4O.Pt/c1-41(2,3)28-21-22-44-40(23-28)47-34-16-12-11-15-30(34)31-25-33(43(7,8)9)39(26-37(31)47)48-38-24-29(19-20-32(38)42(4,5)6)46-27-45(10)35-17-13-14-18-36(35)46;/h11-23,25H,27H2,1-10H3;/q-2;+2/i10D3;. The molecule has 49 heavy (non-hydrogen) atoms. The van der Waals surface area contributed by atoms with Crippen LogP contribution in [-0.2, 0) is 37.3 Å². The molecular formula is C43H46N4OPt. The monoisotopic (exact) mass is 832 g/mol. The van der Waals surface area contributed by atoms with Crippen molar-refractivity contribution in [3.05, 3.63) is 114 Å². The second-order valence-corrected chi connectivity index (χ2v) is 16.0. The predicted octanol–water partition coefficient (Wildman–Crippen LogP) is 11.0. The van der Waals surface area contributed by atoms with Gasteiger partial charge in [0, 0.05) is 34.3 Å². The molecule has 0 N–H and O–H groups in total. The molecule has 0 radical (unpaired) electrons. The molecule has 0 saturated carbocycles. The summed E-state index contributed by atoms with van der Waals surface area (Å²) in [6.45, 7) is 17.6. The first-order chi connectivity index (χ1) is 23.8. The van der Waals surface area contributed by atoms with E-state index in [1.165, 1.54) is 10.5 Å². The molecule has 7 rings (SSSR count). The number of aromatic nitrogens is 2. The van der Waals surface area contributed by atoms with Gasteiger partial charge in [0.25, 0.3) is 0 Å². The van der Waals surface area contributed by atoms with Gasteiger partial charge in [0.1, 0.15) is 5.82 Å². The third-order valence-corrected chi connectivity index (χ3v) is 9.27. The minimum atomic E-state index is -2.29. The zero-order valence-electron chi connectivity index (χ0n) is 32.8. The maximum Gasteiger partial charge on any atom is 2.00 e. The van der Waals surface area contributed by atoms with Crippen molar-refractivity contribution in [2.75, 3.05) is 23.4 Å². The molecule has 0 fully saturated rings. The largest absolute Gasteiger partial charge is 2.00 e. The van der Waals surface area contributed by atoms with Crippen LogP contribution in [0, 0.1) is 12.1 Å². The third kappa shape index (κ3) is 6.27. The first-order valence-corrected chi connectivity index (χ1v) is 16.7. The summed E-state index contributed by atoms with van der Waals surface area (Å²) in [5, 5.41) is 2.21. The molecule has 6 aromatic rings. The van der Waals surface area contributed by atoms with E-state index in [-0.39, 0.29) is 44.0 Å². The maximum atomic E-state index is 8.22. The van der Waals surface area contributed by atoms with E-state index >= 15 is 0 Å². The van der Waals surface area contributed by atoms with Gasteiger partial charge in [-0.1, -0.05) is 115 Å². The van der Waals surface area contributed by atoms with Crippen LogP contribution in [0.2, 0.25) is 0 Å². The average Bonchev–Trinajstić information content (AvgIpc) is 3.59. The Labute approximate surface area is 310 Å². The van der Waals surface area contributed by atoms with Crippen LogP contribution in [-0.4, -0.2) is 23.2 Å². The fourth-order valence-corrected chi connectivity index (χ4v) is 6.62. The van der Waals surface area contributed by atoms with Gasteiger partial charge < -0.3 is 19.1 Å². The zero-order chi connectivity index (χ0) is 36.7. The van der Waals surface area contributed by atoms with Crippen molar-refractivity contribution in [1.82, 2.24) is 9.55 Å². The topological polar surface area (TPSA) is 33.5 Å². The SMILES string of the molecule is [2H]C([2H])([2H])N1CN(c2[c-]c(Oc3[c-]c4c(cc3C(C)(C)C)c3ccccc3n4-c3cc(C(C)(C)C)ccn3)c(C(C)(C)C)cc2)c2ccccc21.[Pt+2]. The minimum absolute atomic E-state index is 0. The molecule has 0 atom stereocenters. The van der Waals surface area contributed by atoms with Gasteiger partial charge in [-0.2, -0.15) is 12.1 Å². The van der Waals surface area contributed by atoms with Crippen LogP contribution in [0.4, 0.5) is 17.1 Å². The quantitative estimate of drug-likeness (QED) is 0.166.